The van der Waals surface area contributed by atoms with Crippen molar-refractivity contribution in [1.29, 1.82) is 0 Å². The zero-order valence-corrected chi connectivity index (χ0v) is 20.2. The van der Waals surface area contributed by atoms with Crippen LogP contribution >= 0.6 is 0 Å². The maximum atomic E-state index is 13.1. The first-order valence-electron chi connectivity index (χ1n) is 11.8. The van der Waals surface area contributed by atoms with E-state index in [9.17, 15) is 40.2 Å². The van der Waals surface area contributed by atoms with Crippen LogP contribution in [-0.2, 0) is 0 Å². The number of hydrogen-bond donors (Lipinski definition) is 6. The maximum absolute atomic E-state index is 13.1. The minimum Gasteiger partial charge on any atom is -0.508 e. The SMILES string of the molecule is O=c1cc(-c2ccc(O)cc2-c2c(O)cc(O)c3c(=O)cc(-c4ccc(O)cc4)oc23)oc2cc(O)cc(O)c12. The predicted molar refractivity (Wildman–Crippen MR) is 145 cm³/mol. The van der Waals surface area contributed by atoms with E-state index >= 15 is 0 Å². The number of fused-ring (bicyclic) bond motifs is 2. The molecule has 2 heterocycles. The largest absolute Gasteiger partial charge is 0.508 e. The van der Waals surface area contributed by atoms with Crippen molar-refractivity contribution in [1.82, 2.24) is 0 Å². The highest BCUT2D eigenvalue weighted by Gasteiger charge is 2.24. The lowest BCUT2D eigenvalue weighted by Gasteiger charge is -2.15. The van der Waals surface area contributed by atoms with Crippen LogP contribution in [0.1, 0.15) is 0 Å². The van der Waals surface area contributed by atoms with Gasteiger partial charge in [-0.25, -0.2) is 0 Å². The van der Waals surface area contributed by atoms with Gasteiger partial charge in [-0.15, -0.1) is 0 Å². The summed E-state index contributed by atoms with van der Waals surface area (Å²) in [6, 6.07) is 15.1. The number of hydrogen-bond acceptors (Lipinski definition) is 10. The zero-order chi connectivity index (χ0) is 28.3. The summed E-state index contributed by atoms with van der Waals surface area (Å²) in [5.41, 5.74) is -1.06. The van der Waals surface area contributed by atoms with Crippen molar-refractivity contribution in [3.05, 3.63) is 93.2 Å². The summed E-state index contributed by atoms with van der Waals surface area (Å²) < 4.78 is 11.9. The highest BCUT2D eigenvalue weighted by atomic mass is 16.3. The van der Waals surface area contributed by atoms with Gasteiger partial charge in [0, 0.05) is 47.0 Å². The van der Waals surface area contributed by atoms with E-state index in [1.807, 2.05) is 0 Å². The summed E-state index contributed by atoms with van der Waals surface area (Å²) in [6.07, 6.45) is 0. The lowest BCUT2D eigenvalue weighted by molar-refractivity contribution is 0.452. The zero-order valence-electron chi connectivity index (χ0n) is 20.2. The highest BCUT2D eigenvalue weighted by Crippen LogP contribution is 2.46. The van der Waals surface area contributed by atoms with E-state index in [1.165, 1.54) is 42.5 Å². The van der Waals surface area contributed by atoms with E-state index in [0.29, 0.717) is 5.56 Å². The van der Waals surface area contributed by atoms with Gasteiger partial charge in [-0.1, -0.05) is 0 Å². The van der Waals surface area contributed by atoms with Crippen LogP contribution in [0, 0.1) is 0 Å². The first kappa shape index (κ1) is 24.4. The molecule has 0 saturated heterocycles. The minimum absolute atomic E-state index is 0.00854. The van der Waals surface area contributed by atoms with Crippen molar-refractivity contribution in [2.24, 2.45) is 0 Å². The quantitative estimate of drug-likeness (QED) is 0.177. The molecule has 4 aromatic carbocycles. The van der Waals surface area contributed by atoms with Crippen molar-refractivity contribution < 1.29 is 39.5 Å². The molecule has 40 heavy (non-hydrogen) atoms. The van der Waals surface area contributed by atoms with Gasteiger partial charge in [0.15, 0.2) is 16.4 Å². The Hall–Kier alpha value is -5.90. The molecule has 10 heteroatoms. The Kier molecular flexibility index (Phi) is 5.40. The Morgan fingerprint density at radius 3 is 1.90 bits per heavy atom. The Morgan fingerprint density at radius 1 is 0.500 bits per heavy atom. The van der Waals surface area contributed by atoms with E-state index in [0.717, 1.165) is 30.3 Å². The van der Waals surface area contributed by atoms with E-state index in [1.54, 1.807) is 0 Å². The molecule has 0 saturated carbocycles. The molecule has 0 spiro atoms. The third-order valence-corrected chi connectivity index (χ3v) is 6.44. The van der Waals surface area contributed by atoms with Crippen molar-refractivity contribution in [3.63, 3.8) is 0 Å². The molecule has 0 atom stereocenters. The van der Waals surface area contributed by atoms with Crippen LogP contribution in [0.3, 0.4) is 0 Å². The number of phenols is 6. The van der Waals surface area contributed by atoms with Crippen LogP contribution in [0.4, 0.5) is 0 Å². The molecule has 0 aliphatic carbocycles. The molecular formula is C30H18O10. The normalized spacial score (nSPS) is 11.3. The van der Waals surface area contributed by atoms with Gasteiger partial charge >= 0.3 is 0 Å². The molecule has 6 N–H and O–H groups in total. The maximum Gasteiger partial charge on any atom is 0.197 e. The topological polar surface area (TPSA) is 182 Å². The smallest absolute Gasteiger partial charge is 0.197 e. The summed E-state index contributed by atoms with van der Waals surface area (Å²) in [5, 5.41) is 61.2. The van der Waals surface area contributed by atoms with E-state index in [-0.39, 0.29) is 67.4 Å². The van der Waals surface area contributed by atoms with Gasteiger partial charge in [0.1, 0.15) is 62.4 Å². The van der Waals surface area contributed by atoms with Crippen molar-refractivity contribution in [3.8, 4) is 68.3 Å². The number of aromatic hydroxyl groups is 6. The van der Waals surface area contributed by atoms with Gasteiger partial charge in [-0.3, -0.25) is 9.59 Å². The van der Waals surface area contributed by atoms with Crippen molar-refractivity contribution in [2.75, 3.05) is 0 Å². The molecule has 2 aromatic heterocycles. The Labute approximate surface area is 223 Å². The second kappa shape index (κ2) is 8.84. The third-order valence-electron chi connectivity index (χ3n) is 6.44. The standard InChI is InChI=1S/C30H18O10/c31-14-3-1-13(2-4-14)24-11-23(38)29-21(36)10-20(35)27(30(29)40-24)18-7-15(32)5-6-17(18)25-12-22(37)28-19(34)8-16(33)9-26(28)39-25/h1-12,31-36H. The second-order valence-corrected chi connectivity index (χ2v) is 9.06. The monoisotopic (exact) mass is 538 g/mol. The molecular weight excluding hydrogens is 520 g/mol. The van der Waals surface area contributed by atoms with Gasteiger partial charge in [-0.05, 0) is 42.5 Å². The summed E-state index contributed by atoms with van der Waals surface area (Å²) in [4.78, 5) is 26.0. The Balaban J connectivity index is 1.69. The molecule has 0 radical (unpaired) electrons. The molecule has 6 rings (SSSR count). The van der Waals surface area contributed by atoms with Crippen LogP contribution in [-0.4, -0.2) is 30.6 Å². The Bertz CT molecular complexity index is 2100. The Morgan fingerprint density at radius 2 is 1.15 bits per heavy atom. The second-order valence-electron chi connectivity index (χ2n) is 9.06. The van der Waals surface area contributed by atoms with Gasteiger partial charge in [0.05, 0.1) is 5.56 Å². The lowest BCUT2D eigenvalue weighted by atomic mass is 9.94. The van der Waals surface area contributed by atoms with E-state index in [2.05, 4.69) is 0 Å². The molecule has 0 fully saturated rings. The highest BCUT2D eigenvalue weighted by molar-refractivity contribution is 6.03. The fourth-order valence-electron chi connectivity index (χ4n) is 4.67. The fraction of sp³-hybridized carbons (Fsp3) is 0. The van der Waals surface area contributed by atoms with E-state index < -0.39 is 28.1 Å². The van der Waals surface area contributed by atoms with Crippen molar-refractivity contribution >= 4 is 21.9 Å². The fourth-order valence-corrected chi connectivity index (χ4v) is 4.67. The van der Waals surface area contributed by atoms with Crippen LogP contribution in [0.25, 0.3) is 55.7 Å². The summed E-state index contributed by atoms with van der Waals surface area (Å²) in [5.74, 6) is -2.13. The van der Waals surface area contributed by atoms with Crippen molar-refractivity contribution in [2.45, 2.75) is 0 Å². The van der Waals surface area contributed by atoms with Gasteiger partial charge < -0.3 is 39.5 Å². The molecule has 0 aliphatic rings. The molecule has 0 bridgehead atoms. The first-order valence-corrected chi connectivity index (χ1v) is 11.8. The summed E-state index contributed by atoms with van der Waals surface area (Å²) >= 11 is 0. The van der Waals surface area contributed by atoms with Crippen LogP contribution in [0.2, 0.25) is 0 Å². The number of benzene rings is 4. The average Bonchev–Trinajstić information content (AvgIpc) is 2.88. The van der Waals surface area contributed by atoms with Gasteiger partial charge in [0.2, 0.25) is 0 Å². The molecule has 0 amide bonds. The molecule has 0 aliphatic heterocycles. The van der Waals surface area contributed by atoms with Gasteiger partial charge in [0.25, 0.3) is 0 Å². The third kappa shape index (κ3) is 3.91. The van der Waals surface area contributed by atoms with Crippen LogP contribution < -0.4 is 10.9 Å². The lowest BCUT2D eigenvalue weighted by Crippen LogP contribution is -2.03. The van der Waals surface area contributed by atoms with Crippen LogP contribution in [0.5, 0.6) is 34.5 Å². The predicted octanol–water partition coefficient (Wildman–Crippen LogP) is 5.13. The molecule has 198 valence electrons. The molecule has 10 nitrogen and oxygen atoms in total. The first-order chi connectivity index (χ1) is 19.1. The van der Waals surface area contributed by atoms with E-state index in [4.69, 9.17) is 8.83 Å². The van der Waals surface area contributed by atoms with Crippen LogP contribution in [0.15, 0.2) is 91.2 Å². The summed E-state index contributed by atoms with van der Waals surface area (Å²) in [6.45, 7) is 0. The van der Waals surface area contributed by atoms with Gasteiger partial charge in [-0.2, -0.15) is 0 Å². The summed E-state index contributed by atoms with van der Waals surface area (Å²) in [7, 11) is 0. The minimum atomic E-state index is -0.632. The number of phenolic OH excluding ortho intramolecular Hbond substituents is 6. The number of rotatable bonds is 3. The molecule has 0 unspecified atom stereocenters. The molecule has 6 aromatic rings. The average molecular weight is 538 g/mol.